The van der Waals surface area contributed by atoms with Gasteiger partial charge in [-0.2, -0.15) is 0 Å². The Hall–Kier alpha value is -0.120. The summed E-state index contributed by atoms with van der Waals surface area (Å²) in [7, 11) is 0. The second-order valence-electron chi connectivity index (χ2n) is 6.07. The average molecular weight is 257 g/mol. The fourth-order valence-corrected chi connectivity index (χ4v) is 2.62. The van der Waals surface area contributed by atoms with Gasteiger partial charge in [-0.1, -0.05) is 26.7 Å². The molecule has 0 aromatic carbocycles. The summed E-state index contributed by atoms with van der Waals surface area (Å²) in [6.45, 7) is 8.40. The first-order valence-corrected chi connectivity index (χ1v) is 7.59. The lowest BCUT2D eigenvalue weighted by molar-refractivity contribution is -0.0171. The molecule has 0 radical (unpaired) electrons. The van der Waals surface area contributed by atoms with Gasteiger partial charge in [0.1, 0.15) is 0 Å². The van der Waals surface area contributed by atoms with Crippen molar-refractivity contribution in [3.63, 3.8) is 0 Å². The van der Waals surface area contributed by atoms with Crippen LogP contribution in [0.2, 0.25) is 0 Å². The van der Waals surface area contributed by atoms with E-state index in [0.717, 1.165) is 26.0 Å². The third-order valence-corrected chi connectivity index (χ3v) is 4.17. The second-order valence-corrected chi connectivity index (χ2v) is 6.07. The van der Waals surface area contributed by atoms with Crippen LogP contribution < -0.4 is 5.32 Å². The zero-order valence-corrected chi connectivity index (χ0v) is 12.4. The zero-order valence-electron chi connectivity index (χ0n) is 12.4. The Morgan fingerprint density at radius 3 is 2.67 bits per heavy atom. The minimum atomic E-state index is -0.187. The molecule has 1 aliphatic rings. The van der Waals surface area contributed by atoms with Crippen LogP contribution >= 0.6 is 0 Å². The summed E-state index contributed by atoms with van der Waals surface area (Å²) in [6.07, 6.45) is 7.58. The van der Waals surface area contributed by atoms with E-state index in [2.05, 4.69) is 26.1 Å². The molecular weight excluding hydrogens is 226 g/mol. The molecule has 3 atom stereocenters. The Kier molecular flexibility index (Phi) is 7.20. The number of rotatable bonds is 8. The zero-order chi connectivity index (χ0) is 13.4. The maximum absolute atomic E-state index is 9.48. The topological polar surface area (TPSA) is 41.5 Å². The van der Waals surface area contributed by atoms with Crippen molar-refractivity contribution in [1.29, 1.82) is 0 Å². The van der Waals surface area contributed by atoms with E-state index in [1.54, 1.807) is 0 Å². The van der Waals surface area contributed by atoms with Gasteiger partial charge in [-0.25, -0.2) is 0 Å². The van der Waals surface area contributed by atoms with Gasteiger partial charge in [0.2, 0.25) is 0 Å². The molecule has 3 heteroatoms. The van der Waals surface area contributed by atoms with Gasteiger partial charge in [0.25, 0.3) is 0 Å². The summed E-state index contributed by atoms with van der Waals surface area (Å²) in [5, 5.41) is 12.9. The van der Waals surface area contributed by atoms with Crippen LogP contribution in [0.3, 0.4) is 0 Å². The molecule has 2 N–H and O–H groups in total. The molecule has 0 heterocycles. The van der Waals surface area contributed by atoms with Crippen LogP contribution in [0.4, 0.5) is 0 Å². The predicted octanol–water partition coefficient (Wildman–Crippen LogP) is 2.72. The Labute approximate surface area is 112 Å². The van der Waals surface area contributed by atoms with E-state index in [-0.39, 0.29) is 12.1 Å². The monoisotopic (exact) mass is 257 g/mol. The van der Waals surface area contributed by atoms with Crippen LogP contribution in [0.1, 0.15) is 59.3 Å². The van der Waals surface area contributed by atoms with Crippen LogP contribution in [0.15, 0.2) is 0 Å². The lowest BCUT2D eigenvalue weighted by Gasteiger charge is -2.32. The molecule has 1 aliphatic carbocycles. The summed E-state index contributed by atoms with van der Waals surface area (Å²) in [4.78, 5) is 0. The van der Waals surface area contributed by atoms with Crippen LogP contribution in [0.25, 0.3) is 0 Å². The van der Waals surface area contributed by atoms with Crippen molar-refractivity contribution >= 4 is 0 Å². The molecule has 1 fully saturated rings. The Morgan fingerprint density at radius 2 is 2.06 bits per heavy atom. The highest BCUT2D eigenvalue weighted by molar-refractivity contribution is 4.82. The first-order valence-electron chi connectivity index (χ1n) is 7.59. The lowest BCUT2D eigenvalue weighted by atomic mass is 9.88. The van der Waals surface area contributed by atoms with Gasteiger partial charge in [0.15, 0.2) is 0 Å². The highest BCUT2D eigenvalue weighted by Gasteiger charge is 2.25. The fraction of sp³-hybridized carbons (Fsp3) is 1.00. The molecule has 3 nitrogen and oxygen atoms in total. The smallest absolute Gasteiger partial charge is 0.0611 e. The van der Waals surface area contributed by atoms with E-state index in [4.69, 9.17) is 4.74 Å². The van der Waals surface area contributed by atoms with Crippen molar-refractivity contribution in [2.45, 2.75) is 70.9 Å². The molecule has 3 unspecified atom stereocenters. The molecule has 1 saturated carbocycles. The van der Waals surface area contributed by atoms with Crippen molar-refractivity contribution in [2.75, 3.05) is 19.8 Å². The minimum Gasteiger partial charge on any atom is -0.394 e. The van der Waals surface area contributed by atoms with Crippen molar-refractivity contribution in [1.82, 2.24) is 5.32 Å². The Morgan fingerprint density at radius 1 is 1.33 bits per heavy atom. The minimum absolute atomic E-state index is 0.177. The van der Waals surface area contributed by atoms with E-state index in [1.807, 2.05) is 0 Å². The van der Waals surface area contributed by atoms with E-state index < -0.39 is 0 Å². The van der Waals surface area contributed by atoms with Crippen molar-refractivity contribution in [2.24, 2.45) is 5.92 Å². The fourth-order valence-electron chi connectivity index (χ4n) is 2.62. The summed E-state index contributed by atoms with van der Waals surface area (Å²) in [5.74, 6) is 0.697. The second kappa shape index (κ2) is 8.13. The molecular formula is C15H31NO2. The molecule has 0 amide bonds. The first-order chi connectivity index (χ1) is 8.61. The standard InChI is InChI=1S/C15H31NO2/c1-4-10-16-15(3,12-17)9-11-18-14-8-6-5-7-13(14)2/h13-14,16-17H,4-12H2,1-3H3. The Bertz CT molecular complexity index is 223. The van der Waals surface area contributed by atoms with Gasteiger partial charge in [-0.15, -0.1) is 0 Å². The van der Waals surface area contributed by atoms with Gasteiger partial charge >= 0.3 is 0 Å². The summed E-state index contributed by atoms with van der Waals surface area (Å²) < 4.78 is 6.02. The Balaban J connectivity index is 2.25. The number of nitrogens with one attached hydrogen (secondary N) is 1. The van der Waals surface area contributed by atoms with Gasteiger partial charge in [0, 0.05) is 12.1 Å². The summed E-state index contributed by atoms with van der Waals surface area (Å²) >= 11 is 0. The highest BCUT2D eigenvalue weighted by atomic mass is 16.5. The number of ether oxygens (including phenoxy) is 1. The molecule has 0 bridgehead atoms. The maximum atomic E-state index is 9.48. The SMILES string of the molecule is CCCNC(C)(CO)CCOC1CCCCC1C. The molecule has 0 aliphatic heterocycles. The predicted molar refractivity (Wildman–Crippen MR) is 75.8 cm³/mol. The third kappa shape index (κ3) is 5.25. The average Bonchev–Trinajstić information content (AvgIpc) is 2.39. The number of hydrogen-bond donors (Lipinski definition) is 2. The lowest BCUT2D eigenvalue weighted by Crippen LogP contribution is -2.47. The molecule has 0 aromatic heterocycles. The van der Waals surface area contributed by atoms with Crippen LogP contribution in [0.5, 0.6) is 0 Å². The third-order valence-electron chi connectivity index (χ3n) is 4.17. The number of aliphatic hydroxyl groups excluding tert-OH is 1. The molecule has 0 spiro atoms. The number of hydrogen-bond acceptors (Lipinski definition) is 3. The van der Waals surface area contributed by atoms with Crippen LogP contribution in [0, 0.1) is 5.92 Å². The van der Waals surface area contributed by atoms with Crippen LogP contribution in [-0.2, 0) is 4.74 Å². The highest BCUT2D eigenvalue weighted by Crippen LogP contribution is 2.26. The van der Waals surface area contributed by atoms with Gasteiger partial charge in [0.05, 0.1) is 12.7 Å². The molecule has 108 valence electrons. The van der Waals surface area contributed by atoms with E-state index in [1.165, 1.54) is 25.7 Å². The van der Waals surface area contributed by atoms with Gasteiger partial charge in [-0.05, 0) is 45.1 Å². The van der Waals surface area contributed by atoms with Gasteiger partial charge in [-0.3, -0.25) is 0 Å². The molecule has 0 aromatic rings. The van der Waals surface area contributed by atoms with Crippen molar-refractivity contribution in [3.05, 3.63) is 0 Å². The number of aliphatic hydroxyl groups is 1. The largest absolute Gasteiger partial charge is 0.394 e. The maximum Gasteiger partial charge on any atom is 0.0611 e. The van der Waals surface area contributed by atoms with E-state index in [9.17, 15) is 5.11 Å². The van der Waals surface area contributed by atoms with Crippen molar-refractivity contribution in [3.8, 4) is 0 Å². The quantitative estimate of drug-likeness (QED) is 0.702. The van der Waals surface area contributed by atoms with E-state index >= 15 is 0 Å². The van der Waals surface area contributed by atoms with Gasteiger partial charge < -0.3 is 15.2 Å². The van der Waals surface area contributed by atoms with E-state index in [0.29, 0.717) is 12.0 Å². The summed E-state index contributed by atoms with van der Waals surface area (Å²) in [6, 6.07) is 0. The normalized spacial score (nSPS) is 28.0. The first kappa shape index (κ1) is 15.9. The van der Waals surface area contributed by atoms with Crippen molar-refractivity contribution < 1.29 is 9.84 Å². The van der Waals surface area contributed by atoms with Crippen LogP contribution in [-0.4, -0.2) is 36.5 Å². The molecule has 1 rings (SSSR count). The summed E-state index contributed by atoms with van der Waals surface area (Å²) in [5.41, 5.74) is -0.187. The molecule has 0 saturated heterocycles. The molecule has 18 heavy (non-hydrogen) atoms.